The Kier molecular flexibility index (Phi) is 3.36. The Morgan fingerprint density at radius 1 is 1.69 bits per heavy atom. The summed E-state index contributed by atoms with van der Waals surface area (Å²) in [7, 11) is 0. The number of hydrogen-bond acceptors (Lipinski definition) is 4. The molecule has 2 N–H and O–H groups in total. The van der Waals surface area contributed by atoms with Gasteiger partial charge in [-0.3, -0.25) is 4.79 Å². The third-order valence-electron chi connectivity index (χ3n) is 2.68. The van der Waals surface area contributed by atoms with Crippen molar-refractivity contribution >= 4 is 17.2 Å². The first-order valence-electron chi connectivity index (χ1n) is 5.21. The molecule has 0 unspecified atom stereocenters. The summed E-state index contributed by atoms with van der Waals surface area (Å²) >= 11 is 1.35. The third-order valence-corrected chi connectivity index (χ3v) is 3.60. The molecule has 1 heterocycles. The van der Waals surface area contributed by atoms with Crippen LogP contribution in [0.2, 0.25) is 0 Å². The number of carbonyl (C=O) groups excluding carboxylic acids is 1. The molecule has 4 nitrogen and oxygen atoms in total. The number of nitrogens with zero attached hydrogens (tertiary/aromatic N) is 1. The number of aliphatic hydroxyl groups excluding tert-OH is 1. The van der Waals surface area contributed by atoms with E-state index in [9.17, 15) is 4.79 Å². The Hall–Kier alpha value is -1.20. The Labute approximate surface area is 98.0 Å². The fraction of sp³-hybridized carbons (Fsp3) is 0.455. The fourth-order valence-electron chi connectivity index (χ4n) is 1.77. The number of amides is 1. The molecule has 1 amide bonds. The lowest BCUT2D eigenvalue weighted by atomic mass is 10.1. The molecule has 1 aromatic heterocycles. The molecule has 0 aromatic carbocycles. The van der Waals surface area contributed by atoms with Crippen molar-refractivity contribution in [3.05, 3.63) is 28.2 Å². The van der Waals surface area contributed by atoms with Crippen LogP contribution in [0.3, 0.4) is 0 Å². The highest BCUT2D eigenvalue weighted by molar-refractivity contribution is 7.11. The van der Waals surface area contributed by atoms with Gasteiger partial charge in [0.05, 0.1) is 11.2 Å². The molecule has 2 rings (SSSR count). The second-order valence-electron chi connectivity index (χ2n) is 3.91. The molecule has 0 radical (unpaired) electrons. The molecule has 86 valence electrons. The number of aliphatic hydroxyl groups is 1. The van der Waals surface area contributed by atoms with Crippen LogP contribution in [0.1, 0.15) is 21.8 Å². The number of carbonyl (C=O) groups is 1. The van der Waals surface area contributed by atoms with E-state index in [1.807, 2.05) is 19.1 Å². The Balaban J connectivity index is 1.95. The van der Waals surface area contributed by atoms with Crippen LogP contribution in [0.4, 0.5) is 0 Å². The number of aromatic nitrogens is 1. The molecule has 1 aliphatic rings. The minimum absolute atomic E-state index is 0.0335. The highest BCUT2D eigenvalue weighted by Crippen LogP contribution is 2.18. The second kappa shape index (κ2) is 4.76. The van der Waals surface area contributed by atoms with Crippen LogP contribution in [0, 0.1) is 12.8 Å². The molecule has 0 spiro atoms. The predicted octanol–water partition coefficient (Wildman–Crippen LogP) is 1.12. The first-order chi connectivity index (χ1) is 7.70. The Morgan fingerprint density at radius 2 is 2.50 bits per heavy atom. The molecule has 0 saturated carbocycles. The molecular formula is C11H14N2O2S. The predicted molar refractivity (Wildman–Crippen MR) is 62.4 cm³/mol. The van der Waals surface area contributed by atoms with Gasteiger partial charge in [0.2, 0.25) is 0 Å². The van der Waals surface area contributed by atoms with Crippen LogP contribution in [0.15, 0.2) is 17.7 Å². The molecular weight excluding hydrogens is 224 g/mol. The summed E-state index contributed by atoms with van der Waals surface area (Å²) in [6.45, 7) is 1.97. The van der Waals surface area contributed by atoms with E-state index < -0.39 is 0 Å². The maximum atomic E-state index is 11.8. The minimum Gasteiger partial charge on any atom is -0.396 e. The van der Waals surface area contributed by atoms with Crippen molar-refractivity contribution in [2.45, 2.75) is 19.4 Å². The lowest BCUT2D eigenvalue weighted by Gasteiger charge is -2.11. The summed E-state index contributed by atoms with van der Waals surface area (Å²) in [5.41, 5.74) is 2.44. The molecule has 2 atom stereocenters. The second-order valence-corrected chi connectivity index (χ2v) is 4.76. The van der Waals surface area contributed by atoms with Crippen molar-refractivity contribution in [2.24, 2.45) is 5.92 Å². The molecule has 0 fully saturated rings. The zero-order chi connectivity index (χ0) is 11.5. The Bertz CT molecular complexity index is 414. The monoisotopic (exact) mass is 238 g/mol. The lowest BCUT2D eigenvalue weighted by molar-refractivity contribution is 0.0944. The van der Waals surface area contributed by atoms with Gasteiger partial charge in [-0.05, 0) is 13.3 Å². The van der Waals surface area contributed by atoms with E-state index in [0.29, 0.717) is 4.88 Å². The summed E-state index contributed by atoms with van der Waals surface area (Å²) in [4.78, 5) is 16.6. The highest BCUT2D eigenvalue weighted by atomic mass is 32.1. The molecule has 0 bridgehead atoms. The SMILES string of the molecule is Cc1ncsc1C(=O)N[C@@H]1C=C[C@H](CO)C1. The van der Waals surface area contributed by atoms with Gasteiger partial charge in [0, 0.05) is 18.6 Å². The maximum absolute atomic E-state index is 11.8. The topological polar surface area (TPSA) is 62.2 Å². The van der Waals surface area contributed by atoms with Gasteiger partial charge in [0.15, 0.2) is 0 Å². The lowest BCUT2D eigenvalue weighted by Crippen LogP contribution is -2.32. The minimum atomic E-state index is -0.0757. The van der Waals surface area contributed by atoms with E-state index in [1.165, 1.54) is 11.3 Å². The number of thiazole rings is 1. The van der Waals surface area contributed by atoms with Gasteiger partial charge in [0.1, 0.15) is 4.88 Å². The standard InChI is InChI=1S/C11H14N2O2S/c1-7-10(16-6-12-7)11(15)13-9-3-2-8(4-9)5-14/h2-3,6,8-9,14H,4-5H2,1H3,(H,13,15)/t8-,9+/m0/s1. The maximum Gasteiger partial charge on any atom is 0.263 e. The van der Waals surface area contributed by atoms with Crippen LogP contribution in [0.5, 0.6) is 0 Å². The van der Waals surface area contributed by atoms with Crippen LogP contribution in [-0.2, 0) is 0 Å². The summed E-state index contributed by atoms with van der Waals surface area (Å²) in [5.74, 6) is 0.0982. The van der Waals surface area contributed by atoms with E-state index in [1.54, 1.807) is 5.51 Å². The zero-order valence-electron chi connectivity index (χ0n) is 9.01. The molecule has 1 aliphatic carbocycles. The van der Waals surface area contributed by atoms with Gasteiger partial charge in [-0.25, -0.2) is 4.98 Å². The third kappa shape index (κ3) is 2.31. The van der Waals surface area contributed by atoms with E-state index in [2.05, 4.69) is 10.3 Å². The van der Waals surface area contributed by atoms with Gasteiger partial charge in [-0.2, -0.15) is 0 Å². The fourth-order valence-corrected chi connectivity index (χ4v) is 2.48. The van der Waals surface area contributed by atoms with E-state index in [-0.39, 0.29) is 24.5 Å². The number of aryl methyl sites for hydroxylation is 1. The average Bonchev–Trinajstić information content (AvgIpc) is 2.86. The van der Waals surface area contributed by atoms with E-state index >= 15 is 0 Å². The number of rotatable bonds is 3. The molecule has 0 saturated heterocycles. The van der Waals surface area contributed by atoms with Gasteiger partial charge in [-0.1, -0.05) is 12.2 Å². The zero-order valence-corrected chi connectivity index (χ0v) is 9.83. The molecule has 1 aromatic rings. The summed E-state index contributed by atoms with van der Waals surface area (Å²) in [5, 5.41) is 11.9. The number of hydrogen-bond donors (Lipinski definition) is 2. The largest absolute Gasteiger partial charge is 0.396 e. The van der Waals surface area contributed by atoms with Crippen LogP contribution in [0.25, 0.3) is 0 Å². The summed E-state index contributed by atoms with van der Waals surface area (Å²) in [6.07, 6.45) is 4.67. The quantitative estimate of drug-likeness (QED) is 0.776. The normalized spacial score (nSPS) is 23.6. The van der Waals surface area contributed by atoms with E-state index in [0.717, 1.165) is 12.1 Å². The first-order valence-corrected chi connectivity index (χ1v) is 6.09. The van der Waals surface area contributed by atoms with Gasteiger partial charge in [0.25, 0.3) is 5.91 Å². The van der Waals surface area contributed by atoms with Crippen LogP contribution in [-0.4, -0.2) is 28.6 Å². The van der Waals surface area contributed by atoms with Crippen molar-refractivity contribution in [1.82, 2.24) is 10.3 Å². The molecule has 16 heavy (non-hydrogen) atoms. The summed E-state index contributed by atoms with van der Waals surface area (Å²) in [6, 6.07) is 0.0335. The molecule has 5 heteroatoms. The first kappa shape index (κ1) is 11.3. The molecule has 0 aliphatic heterocycles. The van der Waals surface area contributed by atoms with Crippen molar-refractivity contribution in [1.29, 1.82) is 0 Å². The smallest absolute Gasteiger partial charge is 0.263 e. The van der Waals surface area contributed by atoms with Crippen LogP contribution < -0.4 is 5.32 Å². The average molecular weight is 238 g/mol. The van der Waals surface area contributed by atoms with Crippen LogP contribution >= 0.6 is 11.3 Å². The Morgan fingerprint density at radius 3 is 3.06 bits per heavy atom. The summed E-state index contributed by atoms with van der Waals surface area (Å²) < 4.78 is 0. The van der Waals surface area contributed by atoms with Crippen molar-refractivity contribution in [2.75, 3.05) is 6.61 Å². The van der Waals surface area contributed by atoms with Crippen molar-refractivity contribution < 1.29 is 9.90 Å². The van der Waals surface area contributed by atoms with Crippen molar-refractivity contribution in [3.8, 4) is 0 Å². The van der Waals surface area contributed by atoms with E-state index in [4.69, 9.17) is 5.11 Å². The van der Waals surface area contributed by atoms with Gasteiger partial charge < -0.3 is 10.4 Å². The highest BCUT2D eigenvalue weighted by Gasteiger charge is 2.21. The van der Waals surface area contributed by atoms with Gasteiger partial charge in [-0.15, -0.1) is 11.3 Å². The van der Waals surface area contributed by atoms with Crippen molar-refractivity contribution in [3.63, 3.8) is 0 Å². The number of nitrogens with one attached hydrogen (secondary N) is 1. The van der Waals surface area contributed by atoms with Gasteiger partial charge >= 0.3 is 0 Å².